The van der Waals surface area contributed by atoms with E-state index >= 15 is 0 Å². The lowest BCUT2D eigenvalue weighted by Gasteiger charge is -2.09. The van der Waals surface area contributed by atoms with E-state index in [0.29, 0.717) is 6.42 Å². The topological polar surface area (TPSA) is 63.3 Å². The summed E-state index contributed by atoms with van der Waals surface area (Å²) in [5.74, 6) is -0.471. The smallest absolute Gasteiger partial charge is 0.220 e. The van der Waals surface area contributed by atoms with Crippen LogP contribution in [0.1, 0.15) is 24.5 Å². The first-order chi connectivity index (χ1) is 9.08. The van der Waals surface area contributed by atoms with E-state index in [1.54, 1.807) is 0 Å². The van der Waals surface area contributed by atoms with Crippen LogP contribution in [-0.2, 0) is 17.6 Å². The van der Waals surface area contributed by atoms with Gasteiger partial charge in [0.15, 0.2) is 0 Å². The van der Waals surface area contributed by atoms with Crippen LogP contribution in [0.25, 0.3) is 10.8 Å². The van der Waals surface area contributed by atoms with Crippen LogP contribution in [0, 0.1) is 0 Å². The fourth-order valence-corrected chi connectivity index (χ4v) is 2.27. The lowest BCUT2D eigenvalue weighted by atomic mass is 9.99. The summed E-state index contributed by atoms with van der Waals surface area (Å²) in [6.07, 6.45) is 0.779. The number of benzene rings is 2. The van der Waals surface area contributed by atoms with Gasteiger partial charge in [0.05, 0.1) is 12.5 Å². The Morgan fingerprint density at radius 1 is 1.16 bits per heavy atom. The van der Waals surface area contributed by atoms with Crippen molar-refractivity contribution in [1.29, 1.82) is 0 Å². The summed E-state index contributed by atoms with van der Waals surface area (Å²) >= 11 is 0. The van der Waals surface area contributed by atoms with Gasteiger partial charge in [0.25, 0.3) is 0 Å². The van der Waals surface area contributed by atoms with Crippen molar-refractivity contribution >= 4 is 16.7 Å². The number of hydrogen-bond donors (Lipinski definition) is 2. The van der Waals surface area contributed by atoms with Gasteiger partial charge in [-0.2, -0.15) is 0 Å². The van der Waals surface area contributed by atoms with Crippen molar-refractivity contribution in [2.24, 2.45) is 5.73 Å². The zero-order valence-corrected chi connectivity index (χ0v) is 11.1. The molecule has 3 nitrogen and oxygen atoms in total. The predicted octanol–water partition coefficient (Wildman–Crippen LogP) is 2.18. The Labute approximate surface area is 113 Å². The van der Waals surface area contributed by atoms with Gasteiger partial charge in [-0.1, -0.05) is 43.3 Å². The van der Waals surface area contributed by atoms with E-state index in [9.17, 15) is 9.90 Å². The minimum Gasteiger partial charge on any atom is -0.392 e. The van der Waals surface area contributed by atoms with Gasteiger partial charge in [0, 0.05) is 0 Å². The SMILES string of the molecule is CCc1ccc2cc(C[C@@H](O)CC(N)=O)ccc2c1. The van der Waals surface area contributed by atoms with Gasteiger partial charge in [0.1, 0.15) is 0 Å². The van der Waals surface area contributed by atoms with Gasteiger partial charge in [-0.05, 0) is 34.7 Å². The van der Waals surface area contributed by atoms with Gasteiger partial charge >= 0.3 is 0 Å². The Bertz CT molecular complexity index is 592. The van der Waals surface area contributed by atoms with E-state index in [1.165, 1.54) is 10.9 Å². The van der Waals surface area contributed by atoms with Crippen LogP contribution >= 0.6 is 0 Å². The van der Waals surface area contributed by atoms with Crippen molar-refractivity contribution in [3.05, 3.63) is 47.5 Å². The molecular weight excluding hydrogens is 238 g/mol. The van der Waals surface area contributed by atoms with E-state index in [-0.39, 0.29) is 6.42 Å². The van der Waals surface area contributed by atoms with Gasteiger partial charge < -0.3 is 10.8 Å². The number of carbonyl (C=O) groups is 1. The highest BCUT2D eigenvalue weighted by Crippen LogP contribution is 2.19. The molecule has 0 spiro atoms. The molecule has 2 aromatic rings. The van der Waals surface area contributed by atoms with Crippen molar-refractivity contribution in [2.75, 3.05) is 0 Å². The standard InChI is InChI=1S/C16H19NO2/c1-2-11-3-5-14-8-12(4-6-13(14)7-11)9-15(18)10-16(17)19/h3-8,15,18H,2,9-10H2,1H3,(H2,17,19)/t15-/m1/s1. The van der Waals surface area contributed by atoms with Crippen LogP contribution in [0.4, 0.5) is 0 Å². The number of aliphatic hydroxyl groups excluding tert-OH is 1. The maximum Gasteiger partial charge on any atom is 0.220 e. The summed E-state index contributed by atoms with van der Waals surface area (Å²) in [6, 6.07) is 12.5. The van der Waals surface area contributed by atoms with E-state index in [0.717, 1.165) is 17.4 Å². The highest BCUT2D eigenvalue weighted by molar-refractivity contribution is 5.83. The van der Waals surface area contributed by atoms with Crippen LogP contribution in [-0.4, -0.2) is 17.1 Å². The molecule has 1 atom stereocenters. The Hall–Kier alpha value is -1.87. The van der Waals surface area contributed by atoms with Crippen LogP contribution in [0.2, 0.25) is 0 Å². The van der Waals surface area contributed by atoms with Crippen molar-refractivity contribution in [3.8, 4) is 0 Å². The van der Waals surface area contributed by atoms with Crippen LogP contribution in [0.15, 0.2) is 36.4 Å². The first-order valence-electron chi connectivity index (χ1n) is 6.56. The maximum atomic E-state index is 10.7. The molecule has 100 valence electrons. The number of amides is 1. The van der Waals surface area contributed by atoms with Gasteiger partial charge in [-0.25, -0.2) is 0 Å². The van der Waals surface area contributed by atoms with Crippen molar-refractivity contribution in [1.82, 2.24) is 0 Å². The maximum absolute atomic E-state index is 10.7. The fraction of sp³-hybridized carbons (Fsp3) is 0.312. The predicted molar refractivity (Wildman–Crippen MR) is 76.8 cm³/mol. The van der Waals surface area contributed by atoms with E-state index in [2.05, 4.69) is 37.3 Å². The Kier molecular flexibility index (Phi) is 4.17. The molecule has 2 aromatic carbocycles. The average molecular weight is 257 g/mol. The lowest BCUT2D eigenvalue weighted by Crippen LogP contribution is -2.21. The van der Waals surface area contributed by atoms with Crippen molar-refractivity contribution < 1.29 is 9.90 Å². The fourth-order valence-electron chi connectivity index (χ4n) is 2.27. The molecule has 0 saturated heterocycles. The van der Waals surface area contributed by atoms with E-state index in [1.807, 2.05) is 6.07 Å². The number of carbonyl (C=O) groups excluding carboxylic acids is 1. The third-order valence-electron chi connectivity index (χ3n) is 3.29. The number of aryl methyl sites for hydroxylation is 1. The summed E-state index contributed by atoms with van der Waals surface area (Å²) in [5, 5.41) is 12.1. The number of aliphatic hydroxyl groups is 1. The normalized spacial score (nSPS) is 12.5. The highest BCUT2D eigenvalue weighted by Gasteiger charge is 2.09. The molecule has 19 heavy (non-hydrogen) atoms. The number of hydrogen-bond acceptors (Lipinski definition) is 2. The third kappa shape index (κ3) is 3.55. The summed E-state index contributed by atoms with van der Waals surface area (Å²) in [7, 11) is 0. The molecule has 0 aromatic heterocycles. The summed E-state index contributed by atoms with van der Waals surface area (Å²) < 4.78 is 0. The highest BCUT2D eigenvalue weighted by atomic mass is 16.3. The van der Waals surface area contributed by atoms with Crippen molar-refractivity contribution in [2.45, 2.75) is 32.3 Å². The monoisotopic (exact) mass is 257 g/mol. The van der Waals surface area contributed by atoms with Gasteiger partial charge in [-0.3, -0.25) is 4.79 Å². The molecule has 0 aliphatic carbocycles. The molecular formula is C16H19NO2. The summed E-state index contributed by atoms with van der Waals surface area (Å²) in [4.78, 5) is 10.7. The molecule has 2 rings (SSSR count). The molecule has 0 unspecified atom stereocenters. The molecule has 3 N–H and O–H groups in total. The Balaban J connectivity index is 2.19. The number of rotatable bonds is 5. The molecule has 0 aliphatic rings. The average Bonchev–Trinajstić information content (AvgIpc) is 2.37. The van der Waals surface area contributed by atoms with E-state index < -0.39 is 12.0 Å². The number of nitrogens with two attached hydrogens (primary N) is 1. The van der Waals surface area contributed by atoms with Crippen molar-refractivity contribution in [3.63, 3.8) is 0 Å². The molecule has 0 aliphatic heterocycles. The first kappa shape index (κ1) is 13.6. The molecule has 0 radical (unpaired) electrons. The first-order valence-corrected chi connectivity index (χ1v) is 6.56. The van der Waals surface area contributed by atoms with Gasteiger partial charge in [0.2, 0.25) is 5.91 Å². The molecule has 0 heterocycles. The molecule has 0 saturated carbocycles. The Morgan fingerprint density at radius 3 is 2.32 bits per heavy atom. The van der Waals surface area contributed by atoms with Gasteiger partial charge in [-0.15, -0.1) is 0 Å². The zero-order chi connectivity index (χ0) is 13.8. The lowest BCUT2D eigenvalue weighted by molar-refractivity contribution is -0.119. The second-order valence-corrected chi connectivity index (χ2v) is 4.90. The molecule has 0 bridgehead atoms. The molecule has 0 fully saturated rings. The number of primary amides is 1. The Morgan fingerprint density at radius 2 is 1.74 bits per heavy atom. The second-order valence-electron chi connectivity index (χ2n) is 4.90. The molecule has 3 heteroatoms. The van der Waals surface area contributed by atoms with E-state index in [4.69, 9.17) is 5.73 Å². The second kappa shape index (κ2) is 5.85. The minimum absolute atomic E-state index is 0.00676. The van der Waals surface area contributed by atoms with Crippen LogP contribution in [0.3, 0.4) is 0 Å². The summed E-state index contributed by atoms with van der Waals surface area (Å²) in [5.41, 5.74) is 7.40. The largest absolute Gasteiger partial charge is 0.392 e. The minimum atomic E-state index is -0.704. The number of fused-ring (bicyclic) bond motifs is 1. The quantitative estimate of drug-likeness (QED) is 0.862. The zero-order valence-electron chi connectivity index (χ0n) is 11.1. The third-order valence-corrected chi connectivity index (χ3v) is 3.29. The van der Waals surface area contributed by atoms with Crippen LogP contribution in [0.5, 0.6) is 0 Å². The summed E-state index contributed by atoms with van der Waals surface area (Å²) in [6.45, 7) is 2.13. The molecule has 1 amide bonds. The van der Waals surface area contributed by atoms with Crippen LogP contribution < -0.4 is 5.73 Å².